The van der Waals surface area contributed by atoms with Crippen LogP contribution in [-0.2, 0) is 9.84 Å². The van der Waals surface area contributed by atoms with E-state index in [0.717, 1.165) is 12.8 Å². The molecule has 1 aromatic rings. The molecule has 2 unspecified atom stereocenters. The summed E-state index contributed by atoms with van der Waals surface area (Å²) >= 11 is 5.85. The standard InChI is InChI=1S/C15H18ClNO3S/c1-21(19,20)14-8-12-6-7-13(9-14)17(12)15(18)10-2-4-11(16)5-3-10/h2-5,12-14H,6-9H2,1H3. The van der Waals surface area contributed by atoms with E-state index in [-0.39, 0.29) is 23.2 Å². The lowest BCUT2D eigenvalue weighted by Crippen LogP contribution is -2.49. The van der Waals surface area contributed by atoms with E-state index >= 15 is 0 Å². The first-order chi connectivity index (χ1) is 9.86. The molecule has 0 spiro atoms. The maximum atomic E-state index is 12.7. The maximum Gasteiger partial charge on any atom is 0.254 e. The van der Waals surface area contributed by atoms with Crippen molar-refractivity contribution in [2.45, 2.75) is 43.0 Å². The van der Waals surface area contributed by atoms with Gasteiger partial charge in [-0.3, -0.25) is 4.79 Å². The Bertz CT molecular complexity index is 642. The molecule has 2 heterocycles. The smallest absolute Gasteiger partial charge is 0.254 e. The largest absolute Gasteiger partial charge is 0.333 e. The number of rotatable bonds is 2. The van der Waals surface area contributed by atoms with Gasteiger partial charge in [0, 0.05) is 28.9 Å². The third-order valence-electron chi connectivity index (χ3n) is 4.62. The van der Waals surface area contributed by atoms with Gasteiger partial charge in [-0.25, -0.2) is 8.42 Å². The Morgan fingerprint density at radius 3 is 2.14 bits per heavy atom. The van der Waals surface area contributed by atoms with Gasteiger partial charge in [0.1, 0.15) is 9.84 Å². The quantitative estimate of drug-likeness (QED) is 0.838. The molecule has 2 fully saturated rings. The highest BCUT2D eigenvalue weighted by Gasteiger charge is 2.45. The summed E-state index contributed by atoms with van der Waals surface area (Å²) in [5, 5.41) is 0.301. The van der Waals surface area contributed by atoms with Crippen LogP contribution in [0.4, 0.5) is 0 Å². The topological polar surface area (TPSA) is 54.5 Å². The zero-order valence-corrected chi connectivity index (χ0v) is 13.4. The van der Waals surface area contributed by atoms with Crippen LogP contribution in [0.5, 0.6) is 0 Å². The summed E-state index contributed by atoms with van der Waals surface area (Å²) in [6, 6.07) is 6.97. The highest BCUT2D eigenvalue weighted by molar-refractivity contribution is 7.91. The molecule has 6 heteroatoms. The Balaban J connectivity index is 1.82. The van der Waals surface area contributed by atoms with E-state index in [1.54, 1.807) is 24.3 Å². The van der Waals surface area contributed by atoms with Gasteiger partial charge in [-0.15, -0.1) is 0 Å². The van der Waals surface area contributed by atoms with Gasteiger partial charge in [0.2, 0.25) is 0 Å². The van der Waals surface area contributed by atoms with Crippen LogP contribution in [0.25, 0.3) is 0 Å². The van der Waals surface area contributed by atoms with Crippen molar-refractivity contribution in [3.05, 3.63) is 34.9 Å². The number of sulfone groups is 1. The molecule has 2 saturated heterocycles. The summed E-state index contributed by atoms with van der Waals surface area (Å²) < 4.78 is 23.5. The second-order valence-electron chi connectivity index (χ2n) is 6.03. The first-order valence-electron chi connectivity index (χ1n) is 7.13. The second kappa shape index (κ2) is 5.29. The van der Waals surface area contributed by atoms with Gasteiger partial charge in [-0.05, 0) is 49.9 Å². The molecular formula is C15H18ClNO3S. The number of hydrogen-bond donors (Lipinski definition) is 0. The minimum absolute atomic E-state index is 0.00822. The normalized spacial score (nSPS) is 28.7. The third kappa shape index (κ3) is 2.81. The molecule has 0 saturated carbocycles. The fourth-order valence-corrected chi connectivity index (χ4v) is 4.82. The Labute approximate surface area is 130 Å². The minimum atomic E-state index is -3.03. The van der Waals surface area contributed by atoms with Gasteiger partial charge < -0.3 is 4.90 Å². The monoisotopic (exact) mass is 327 g/mol. The van der Waals surface area contributed by atoms with Crippen LogP contribution in [0.3, 0.4) is 0 Å². The predicted octanol–water partition coefficient (Wildman–Crippen LogP) is 2.52. The van der Waals surface area contributed by atoms with E-state index in [9.17, 15) is 13.2 Å². The van der Waals surface area contributed by atoms with E-state index in [1.165, 1.54) is 6.26 Å². The number of hydrogen-bond acceptors (Lipinski definition) is 3. The van der Waals surface area contributed by atoms with Gasteiger partial charge in [0.25, 0.3) is 5.91 Å². The average molecular weight is 328 g/mol. The number of amides is 1. The molecule has 2 aliphatic heterocycles. The van der Waals surface area contributed by atoms with Gasteiger partial charge in [0.05, 0.1) is 5.25 Å². The van der Waals surface area contributed by atoms with E-state index in [2.05, 4.69) is 0 Å². The molecule has 114 valence electrons. The van der Waals surface area contributed by atoms with Crippen LogP contribution in [0.2, 0.25) is 5.02 Å². The number of fused-ring (bicyclic) bond motifs is 2. The Kier molecular flexibility index (Phi) is 3.74. The molecule has 1 amide bonds. The van der Waals surface area contributed by atoms with Crippen molar-refractivity contribution >= 4 is 27.3 Å². The van der Waals surface area contributed by atoms with E-state index < -0.39 is 9.84 Å². The number of halogens is 1. The molecule has 1 aromatic carbocycles. The van der Waals surface area contributed by atoms with E-state index in [0.29, 0.717) is 23.4 Å². The van der Waals surface area contributed by atoms with Gasteiger partial charge >= 0.3 is 0 Å². The SMILES string of the molecule is CS(=O)(=O)C1CC2CCC(C1)N2C(=O)c1ccc(Cl)cc1. The molecule has 21 heavy (non-hydrogen) atoms. The number of piperidine rings is 1. The molecule has 2 aliphatic rings. The summed E-state index contributed by atoms with van der Waals surface area (Å²) in [5.74, 6) is -0.00822. The number of benzene rings is 1. The molecule has 2 atom stereocenters. The highest BCUT2D eigenvalue weighted by Crippen LogP contribution is 2.39. The average Bonchev–Trinajstić information content (AvgIpc) is 2.67. The third-order valence-corrected chi connectivity index (χ3v) is 6.47. The molecule has 0 aromatic heterocycles. The Morgan fingerprint density at radius 1 is 1.14 bits per heavy atom. The van der Waals surface area contributed by atoms with Crippen molar-refractivity contribution in [3.8, 4) is 0 Å². The zero-order chi connectivity index (χ0) is 15.2. The van der Waals surface area contributed by atoms with Crippen LogP contribution in [0.1, 0.15) is 36.0 Å². The first-order valence-corrected chi connectivity index (χ1v) is 9.46. The summed E-state index contributed by atoms with van der Waals surface area (Å²) in [6.45, 7) is 0. The molecule has 4 nitrogen and oxygen atoms in total. The summed E-state index contributed by atoms with van der Waals surface area (Å²) in [7, 11) is -3.03. The molecule has 2 bridgehead atoms. The minimum Gasteiger partial charge on any atom is -0.333 e. The first kappa shape index (κ1) is 14.9. The van der Waals surface area contributed by atoms with Crippen molar-refractivity contribution in [3.63, 3.8) is 0 Å². The Hall–Kier alpha value is -1.07. The van der Waals surface area contributed by atoms with Crippen molar-refractivity contribution in [1.29, 1.82) is 0 Å². The van der Waals surface area contributed by atoms with Crippen LogP contribution < -0.4 is 0 Å². The van der Waals surface area contributed by atoms with Crippen molar-refractivity contribution in [2.75, 3.05) is 6.26 Å². The van der Waals surface area contributed by atoms with Crippen molar-refractivity contribution in [1.82, 2.24) is 4.90 Å². The molecule has 0 aliphatic carbocycles. The number of carbonyl (C=O) groups excluding carboxylic acids is 1. The van der Waals surface area contributed by atoms with Crippen LogP contribution >= 0.6 is 11.6 Å². The lowest BCUT2D eigenvalue weighted by molar-refractivity contribution is 0.0598. The molecule has 3 rings (SSSR count). The molecular weight excluding hydrogens is 310 g/mol. The summed E-state index contributed by atoms with van der Waals surface area (Å²) in [4.78, 5) is 14.6. The predicted molar refractivity (Wildman–Crippen MR) is 82.3 cm³/mol. The van der Waals surface area contributed by atoms with E-state index in [4.69, 9.17) is 11.6 Å². The van der Waals surface area contributed by atoms with Crippen LogP contribution in [-0.4, -0.2) is 42.8 Å². The second-order valence-corrected chi connectivity index (χ2v) is 8.79. The Morgan fingerprint density at radius 2 is 1.67 bits per heavy atom. The lowest BCUT2D eigenvalue weighted by Gasteiger charge is -2.38. The van der Waals surface area contributed by atoms with Gasteiger partial charge in [-0.1, -0.05) is 11.6 Å². The summed E-state index contributed by atoms with van der Waals surface area (Å²) in [5.41, 5.74) is 0.620. The van der Waals surface area contributed by atoms with Gasteiger partial charge in [-0.2, -0.15) is 0 Å². The molecule has 0 N–H and O–H groups in total. The molecule has 0 radical (unpaired) electrons. The van der Waals surface area contributed by atoms with Crippen molar-refractivity contribution < 1.29 is 13.2 Å². The zero-order valence-electron chi connectivity index (χ0n) is 11.8. The van der Waals surface area contributed by atoms with Gasteiger partial charge in [0.15, 0.2) is 0 Å². The fraction of sp³-hybridized carbons (Fsp3) is 0.533. The summed E-state index contributed by atoms with van der Waals surface area (Å²) in [6.07, 6.45) is 4.23. The van der Waals surface area contributed by atoms with Crippen LogP contribution in [0, 0.1) is 0 Å². The van der Waals surface area contributed by atoms with Crippen molar-refractivity contribution in [2.24, 2.45) is 0 Å². The fourth-order valence-electron chi connectivity index (χ4n) is 3.55. The number of nitrogens with zero attached hydrogens (tertiary/aromatic N) is 1. The number of carbonyl (C=O) groups is 1. The lowest BCUT2D eigenvalue weighted by atomic mass is 10.0. The highest BCUT2D eigenvalue weighted by atomic mass is 35.5. The van der Waals surface area contributed by atoms with E-state index in [1.807, 2.05) is 4.90 Å². The maximum absolute atomic E-state index is 12.7. The van der Waals surface area contributed by atoms with Crippen LogP contribution in [0.15, 0.2) is 24.3 Å².